The Bertz CT molecular complexity index is 675. The normalized spacial score (nSPS) is 9.81. The highest BCUT2D eigenvalue weighted by Gasteiger charge is 2.11. The average Bonchev–Trinajstić information content (AvgIpc) is 2.98. The second kappa shape index (κ2) is 7.17. The molecule has 2 aromatic rings. The standard InChI is InChI=1S/C14H12FN3O3/c15-11-3-4-12(10(8-11)2-1-7-19)14(20)16-6-5-13-17-9-18-21-13/h3-4,8-9,19H,5-7H2,(H,16,20). The molecule has 1 amide bonds. The van der Waals surface area contributed by atoms with Crippen molar-refractivity contribution in [3.05, 3.63) is 47.4 Å². The van der Waals surface area contributed by atoms with E-state index in [9.17, 15) is 9.18 Å². The zero-order valence-corrected chi connectivity index (χ0v) is 11.0. The van der Waals surface area contributed by atoms with Crippen LogP contribution < -0.4 is 5.32 Å². The molecule has 7 heteroatoms. The maximum absolute atomic E-state index is 13.2. The second-order valence-corrected chi connectivity index (χ2v) is 3.99. The number of rotatable bonds is 4. The average molecular weight is 289 g/mol. The molecular formula is C14H12FN3O3. The van der Waals surface area contributed by atoms with Crippen molar-refractivity contribution in [1.29, 1.82) is 0 Å². The van der Waals surface area contributed by atoms with Crippen molar-refractivity contribution in [2.24, 2.45) is 0 Å². The van der Waals surface area contributed by atoms with Crippen LogP contribution in [-0.4, -0.2) is 34.3 Å². The van der Waals surface area contributed by atoms with Crippen molar-refractivity contribution in [3.63, 3.8) is 0 Å². The summed E-state index contributed by atoms with van der Waals surface area (Å²) in [4.78, 5) is 15.9. The molecule has 1 aromatic carbocycles. The van der Waals surface area contributed by atoms with Crippen LogP contribution in [0.3, 0.4) is 0 Å². The van der Waals surface area contributed by atoms with Gasteiger partial charge < -0.3 is 14.9 Å². The molecular weight excluding hydrogens is 277 g/mol. The van der Waals surface area contributed by atoms with Crippen LogP contribution in [0.5, 0.6) is 0 Å². The van der Waals surface area contributed by atoms with E-state index in [1.807, 2.05) is 0 Å². The summed E-state index contributed by atoms with van der Waals surface area (Å²) < 4.78 is 18.0. The molecule has 1 heterocycles. The Morgan fingerprint density at radius 2 is 2.33 bits per heavy atom. The van der Waals surface area contributed by atoms with E-state index < -0.39 is 11.7 Å². The minimum absolute atomic E-state index is 0.222. The Kier molecular flexibility index (Phi) is 5.01. The van der Waals surface area contributed by atoms with Crippen molar-refractivity contribution in [2.75, 3.05) is 13.2 Å². The molecule has 6 nitrogen and oxygen atoms in total. The van der Waals surface area contributed by atoms with E-state index in [0.29, 0.717) is 18.9 Å². The number of amides is 1. The van der Waals surface area contributed by atoms with E-state index in [1.54, 1.807) is 0 Å². The van der Waals surface area contributed by atoms with Gasteiger partial charge in [0.1, 0.15) is 12.4 Å². The van der Waals surface area contributed by atoms with Gasteiger partial charge in [0.2, 0.25) is 5.89 Å². The third-order valence-corrected chi connectivity index (χ3v) is 2.56. The summed E-state index contributed by atoms with van der Waals surface area (Å²) in [7, 11) is 0. The predicted molar refractivity (Wildman–Crippen MR) is 70.7 cm³/mol. The largest absolute Gasteiger partial charge is 0.384 e. The summed E-state index contributed by atoms with van der Waals surface area (Å²) in [6.45, 7) is -0.0694. The number of aromatic nitrogens is 2. The van der Waals surface area contributed by atoms with Gasteiger partial charge in [-0.15, -0.1) is 0 Å². The molecule has 21 heavy (non-hydrogen) atoms. The van der Waals surface area contributed by atoms with Gasteiger partial charge in [-0.05, 0) is 18.2 Å². The van der Waals surface area contributed by atoms with E-state index in [2.05, 4.69) is 27.3 Å². The first-order valence-electron chi connectivity index (χ1n) is 6.13. The maximum atomic E-state index is 13.2. The van der Waals surface area contributed by atoms with Crippen LogP contribution >= 0.6 is 0 Å². The summed E-state index contributed by atoms with van der Waals surface area (Å²) in [5.74, 6) is 4.46. The lowest BCUT2D eigenvalue weighted by Gasteiger charge is -2.06. The monoisotopic (exact) mass is 289 g/mol. The van der Waals surface area contributed by atoms with Gasteiger partial charge in [0.15, 0.2) is 6.33 Å². The van der Waals surface area contributed by atoms with Gasteiger partial charge in [-0.25, -0.2) is 4.39 Å². The van der Waals surface area contributed by atoms with Crippen LogP contribution in [-0.2, 0) is 6.42 Å². The van der Waals surface area contributed by atoms with Gasteiger partial charge in [0.05, 0.1) is 5.56 Å². The van der Waals surface area contributed by atoms with E-state index >= 15 is 0 Å². The van der Waals surface area contributed by atoms with Gasteiger partial charge in [0, 0.05) is 18.5 Å². The first kappa shape index (κ1) is 14.7. The highest BCUT2D eigenvalue weighted by Crippen LogP contribution is 2.10. The topological polar surface area (TPSA) is 88.3 Å². The van der Waals surface area contributed by atoms with E-state index in [4.69, 9.17) is 9.63 Å². The quantitative estimate of drug-likeness (QED) is 0.801. The predicted octanol–water partition coefficient (Wildman–Crippen LogP) is 0.525. The van der Waals surface area contributed by atoms with Crippen LogP contribution in [0.4, 0.5) is 4.39 Å². The van der Waals surface area contributed by atoms with Gasteiger partial charge in [0.25, 0.3) is 5.91 Å². The molecule has 0 spiro atoms. The Morgan fingerprint density at radius 3 is 3.05 bits per heavy atom. The number of hydrogen-bond acceptors (Lipinski definition) is 5. The number of hydrogen-bond donors (Lipinski definition) is 2. The molecule has 0 aliphatic heterocycles. The molecule has 0 saturated carbocycles. The van der Waals surface area contributed by atoms with Gasteiger partial charge in [-0.1, -0.05) is 17.0 Å². The summed E-state index contributed by atoms with van der Waals surface area (Å²) in [5, 5.41) is 14.8. The molecule has 1 aromatic heterocycles. The highest BCUT2D eigenvalue weighted by molar-refractivity contribution is 5.96. The second-order valence-electron chi connectivity index (χ2n) is 3.99. The molecule has 2 rings (SSSR count). The zero-order chi connectivity index (χ0) is 15.1. The van der Waals surface area contributed by atoms with E-state index in [-0.39, 0.29) is 17.7 Å². The van der Waals surface area contributed by atoms with Crippen LogP contribution in [0, 0.1) is 17.7 Å². The lowest BCUT2D eigenvalue weighted by molar-refractivity contribution is 0.0953. The van der Waals surface area contributed by atoms with Crippen molar-refractivity contribution in [1.82, 2.24) is 15.5 Å². The van der Waals surface area contributed by atoms with Crippen LogP contribution in [0.15, 0.2) is 29.0 Å². The van der Waals surface area contributed by atoms with Crippen molar-refractivity contribution in [2.45, 2.75) is 6.42 Å². The van der Waals surface area contributed by atoms with Gasteiger partial charge >= 0.3 is 0 Å². The number of aliphatic hydroxyl groups excluding tert-OH is 1. The zero-order valence-electron chi connectivity index (χ0n) is 11.0. The molecule has 0 bridgehead atoms. The Morgan fingerprint density at radius 1 is 1.48 bits per heavy atom. The lowest BCUT2D eigenvalue weighted by atomic mass is 10.1. The smallest absolute Gasteiger partial charge is 0.252 e. The first-order chi connectivity index (χ1) is 10.2. The molecule has 0 saturated heterocycles. The van der Waals surface area contributed by atoms with Crippen LogP contribution in [0.1, 0.15) is 21.8 Å². The molecule has 0 unspecified atom stereocenters. The molecule has 0 aliphatic carbocycles. The fraction of sp³-hybridized carbons (Fsp3) is 0.214. The minimum atomic E-state index is -0.500. The fourth-order valence-electron chi connectivity index (χ4n) is 1.64. The summed E-state index contributed by atoms with van der Waals surface area (Å²) in [6.07, 6.45) is 1.67. The fourth-order valence-corrected chi connectivity index (χ4v) is 1.64. The third kappa shape index (κ3) is 4.12. The van der Waals surface area contributed by atoms with Crippen LogP contribution in [0.25, 0.3) is 0 Å². The summed E-state index contributed by atoms with van der Waals surface area (Å²) in [6, 6.07) is 3.67. The molecule has 0 atom stereocenters. The van der Waals surface area contributed by atoms with Crippen molar-refractivity contribution in [3.8, 4) is 11.8 Å². The number of benzene rings is 1. The van der Waals surface area contributed by atoms with Gasteiger partial charge in [-0.3, -0.25) is 4.79 Å². The lowest BCUT2D eigenvalue weighted by Crippen LogP contribution is -2.26. The molecule has 0 aliphatic rings. The minimum Gasteiger partial charge on any atom is -0.384 e. The SMILES string of the molecule is O=C(NCCc1ncno1)c1ccc(F)cc1C#CCO. The number of carbonyl (C=O) groups is 1. The Hall–Kier alpha value is -2.72. The summed E-state index contributed by atoms with van der Waals surface area (Å²) in [5.41, 5.74) is 0.460. The van der Waals surface area contributed by atoms with Crippen molar-refractivity contribution >= 4 is 5.91 Å². The number of aliphatic hydroxyl groups is 1. The molecule has 0 radical (unpaired) electrons. The van der Waals surface area contributed by atoms with E-state index in [0.717, 1.165) is 6.07 Å². The maximum Gasteiger partial charge on any atom is 0.252 e. The number of halogens is 1. The molecule has 108 valence electrons. The van der Waals surface area contributed by atoms with E-state index in [1.165, 1.54) is 18.5 Å². The highest BCUT2D eigenvalue weighted by atomic mass is 19.1. The van der Waals surface area contributed by atoms with Crippen LogP contribution in [0.2, 0.25) is 0 Å². The Balaban J connectivity index is 2.04. The Labute approximate surface area is 120 Å². The number of nitrogens with one attached hydrogen (secondary N) is 1. The number of carbonyl (C=O) groups excluding carboxylic acids is 1. The first-order valence-corrected chi connectivity index (χ1v) is 6.13. The van der Waals surface area contributed by atoms with Gasteiger partial charge in [-0.2, -0.15) is 4.98 Å². The third-order valence-electron chi connectivity index (χ3n) is 2.56. The van der Waals surface area contributed by atoms with Crippen molar-refractivity contribution < 1.29 is 18.8 Å². The summed E-state index contributed by atoms with van der Waals surface area (Å²) >= 11 is 0. The molecule has 0 fully saturated rings. The number of nitrogens with zero attached hydrogens (tertiary/aromatic N) is 2. The molecule has 2 N–H and O–H groups in total.